The molecule has 0 unspecified atom stereocenters. The van der Waals surface area contributed by atoms with Gasteiger partial charge in [0.25, 0.3) is 0 Å². The van der Waals surface area contributed by atoms with Crippen LogP contribution in [0.3, 0.4) is 0 Å². The topological polar surface area (TPSA) is 88.1 Å². The Morgan fingerprint density at radius 2 is 1.76 bits per heavy atom. The van der Waals surface area contributed by atoms with Gasteiger partial charge in [0.05, 0.1) is 35.8 Å². The van der Waals surface area contributed by atoms with E-state index in [0.717, 1.165) is 22.7 Å². The zero-order valence-corrected chi connectivity index (χ0v) is 16.1. The van der Waals surface area contributed by atoms with Crippen molar-refractivity contribution < 1.29 is 14.6 Å². The zero-order chi connectivity index (χ0) is 20.4. The highest BCUT2D eigenvalue weighted by atomic mass is 16.5. The molecule has 1 aromatic heterocycles. The van der Waals surface area contributed by atoms with Crippen LogP contribution in [-0.2, 0) is 10.4 Å². The lowest BCUT2D eigenvalue weighted by Crippen LogP contribution is -2.32. The molecule has 146 valence electrons. The Morgan fingerprint density at radius 3 is 2.34 bits per heavy atom. The minimum absolute atomic E-state index is 0.177. The number of rotatable bonds is 4. The molecule has 1 heterocycles. The predicted molar refractivity (Wildman–Crippen MR) is 108 cm³/mol. The van der Waals surface area contributed by atoms with Gasteiger partial charge in [0.2, 0.25) is 0 Å². The number of carbonyl (C=O) groups excluding carboxylic acids is 1. The molecule has 3 aromatic rings. The van der Waals surface area contributed by atoms with Gasteiger partial charge in [-0.3, -0.25) is 4.79 Å². The van der Waals surface area contributed by atoms with Gasteiger partial charge in [0.15, 0.2) is 0 Å². The Labute approximate surface area is 169 Å². The number of hydrogen-bond acceptors (Lipinski definition) is 5. The van der Waals surface area contributed by atoms with Gasteiger partial charge in [-0.1, -0.05) is 12.1 Å². The van der Waals surface area contributed by atoms with E-state index in [1.165, 1.54) is 0 Å². The summed E-state index contributed by atoms with van der Waals surface area (Å²) >= 11 is 0. The second kappa shape index (κ2) is 7.53. The number of aliphatic hydroxyl groups is 1. The van der Waals surface area contributed by atoms with Crippen molar-refractivity contribution in [3.63, 3.8) is 0 Å². The normalized spacial score (nSPS) is 15.7. The molecule has 0 amide bonds. The smallest absolute Gasteiger partial charge is 0.133 e. The van der Waals surface area contributed by atoms with Gasteiger partial charge < -0.3 is 9.84 Å². The standard InChI is InChI=1S/C23H21N3O3/c1-29-20-8-6-18(7-9-20)26-21(17-4-2-16(15-24)3-5-17)14-22(25-26)23(28)12-10-19(27)11-13-23/h2-9,14,28H,10-13H2,1H3. The van der Waals surface area contributed by atoms with Gasteiger partial charge in [-0.05, 0) is 55.3 Å². The lowest BCUT2D eigenvalue weighted by atomic mass is 9.82. The van der Waals surface area contributed by atoms with E-state index in [1.54, 1.807) is 23.9 Å². The first kappa shape index (κ1) is 18.9. The number of aromatic nitrogens is 2. The van der Waals surface area contributed by atoms with E-state index in [9.17, 15) is 9.90 Å². The van der Waals surface area contributed by atoms with Crippen molar-refractivity contribution in [3.8, 4) is 28.8 Å². The Hall–Kier alpha value is -3.43. The van der Waals surface area contributed by atoms with Crippen LogP contribution < -0.4 is 4.74 Å². The molecule has 6 nitrogen and oxygen atoms in total. The lowest BCUT2D eigenvalue weighted by Gasteiger charge is -2.29. The highest BCUT2D eigenvalue weighted by Crippen LogP contribution is 2.37. The fourth-order valence-corrected chi connectivity index (χ4v) is 3.65. The summed E-state index contributed by atoms with van der Waals surface area (Å²) in [4.78, 5) is 11.6. The van der Waals surface area contributed by atoms with Crippen LogP contribution in [0, 0.1) is 11.3 Å². The summed E-state index contributed by atoms with van der Waals surface area (Å²) in [6.07, 6.45) is 1.47. The average Bonchev–Trinajstić information content (AvgIpc) is 3.22. The molecular formula is C23H21N3O3. The third kappa shape index (κ3) is 3.65. The van der Waals surface area contributed by atoms with E-state index in [1.807, 2.05) is 42.5 Å². The van der Waals surface area contributed by atoms with Gasteiger partial charge in [-0.15, -0.1) is 0 Å². The molecular weight excluding hydrogens is 366 g/mol. The number of nitrogens with zero attached hydrogens (tertiary/aromatic N) is 3. The molecule has 0 aliphatic heterocycles. The Kier molecular flexibility index (Phi) is 4.91. The molecule has 1 saturated carbocycles. The minimum Gasteiger partial charge on any atom is -0.497 e. The average molecular weight is 387 g/mol. The summed E-state index contributed by atoms with van der Waals surface area (Å²) < 4.78 is 7.02. The van der Waals surface area contributed by atoms with Crippen LogP contribution in [0.1, 0.15) is 36.9 Å². The minimum atomic E-state index is -1.12. The van der Waals surface area contributed by atoms with Crippen molar-refractivity contribution in [3.05, 3.63) is 65.9 Å². The van der Waals surface area contributed by atoms with Crippen molar-refractivity contribution in [2.75, 3.05) is 7.11 Å². The maximum absolute atomic E-state index is 11.6. The van der Waals surface area contributed by atoms with Gasteiger partial charge in [0, 0.05) is 18.4 Å². The first-order valence-corrected chi connectivity index (χ1v) is 9.52. The van der Waals surface area contributed by atoms with E-state index >= 15 is 0 Å². The Morgan fingerprint density at radius 1 is 1.10 bits per heavy atom. The number of nitriles is 1. The van der Waals surface area contributed by atoms with Crippen LogP contribution in [0.5, 0.6) is 5.75 Å². The highest BCUT2D eigenvalue weighted by molar-refractivity contribution is 5.79. The number of hydrogen-bond donors (Lipinski definition) is 1. The van der Waals surface area contributed by atoms with Gasteiger partial charge in [0.1, 0.15) is 17.1 Å². The van der Waals surface area contributed by atoms with E-state index in [0.29, 0.717) is 36.9 Å². The molecule has 1 fully saturated rings. The molecule has 1 aliphatic rings. The van der Waals surface area contributed by atoms with Crippen LogP contribution in [-0.4, -0.2) is 27.8 Å². The van der Waals surface area contributed by atoms with E-state index < -0.39 is 5.60 Å². The van der Waals surface area contributed by atoms with Crippen molar-refractivity contribution >= 4 is 5.78 Å². The number of Topliss-reactive ketones (excluding diaryl/α,β-unsaturated/α-hetero) is 1. The molecule has 0 saturated heterocycles. The molecule has 29 heavy (non-hydrogen) atoms. The number of carbonyl (C=O) groups is 1. The molecule has 1 aliphatic carbocycles. The highest BCUT2D eigenvalue weighted by Gasteiger charge is 2.37. The molecule has 0 atom stereocenters. The predicted octanol–water partition coefficient (Wildman–Crippen LogP) is 3.75. The van der Waals surface area contributed by atoms with Crippen LogP contribution in [0.25, 0.3) is 16.9 Å². The fraction of sp³-hybridized carbons (Fsp3) is 0.261. The number of methoxy groups -OCH3 is 1. The SMILES string of the molecule is COc1ccc(-n2nc(C3(O)CCC(=O)CC3)cc2-c2ccc(C#N)cc2)cc1. The van der Waals surface area contributed by atoms with Crippen LogP contribution in [0.4, 0.5) is 0 Å². The molecule has 6 heteroatoms. The zero-order valence-electron chi connectivity index (χ0n) is 16.1. The maximum Gasteiger partial charge on any atom is 0.133 e. The van der Waals surface area contributed by atoms with Gasteiger partial charge >= 0.3 is 0 Å². The fourth-order valence-electron chi connectivity index (χ4n) is 3.65. The number of benzene rings is 2. The number of ketones is 1. The van der Waals surface area contributed by atoms with Crippen molar-refractivity contribution in [1.29, 1.82) is 5.26 Å². The second-order valence-corrected chi connectivity index (χ2v) is 7.28. The maximum atomic E-state index is 11.6. The Bertz CT molecular complexity index is 1070. The molecule has 2 aromatic carbocycles. The summed E-state index contributed by atoms with van der Waals surface area (Å²) in [6, 6.07) is 18.8. The van der Waals surface area contributed by atoms with E-state index in [2.05, 4.69) is 6.07 Å². The monoisotopic (exact) mass is 387 g/mol. The molecule has 0 bridgehead atoms. The van der Waals surface area contributed by atoms with Gasteiger partial charge in [-0.25, -0.2) is 4.68 Å². The first-order chi connectivity index (χ1) is 14.0. The van der Waals surface area contributed by atoms with Crippen LogP contribution in [0.15, 0.2) is 54.6 Å². The molecule has 1 N–H and O–H groups in total. The summed E-state index contributed by atoms with van der Waals surface area (Å²) in [5.74, 6) is 0.919. The number of ether oxygens (including phenoxy) is 1. The van der Waals surface area contributed by atoms with Crippen LogP contribution >= 0.6 is 0 Å². The summed E-state index contributed by atoms with van der Waals surface area (Å²) in [6.45, 7) is 0. The molecule has 0 spiro atoms. The second-order valence-electron chi connectivity index (χ2n) is 7.28. The van der Waals surface area contributed by atoms with E-state index in [4.69, 9.17) is 15.1 Å². The largest absolute Gasteiger partial charge is 0.497 e. The molecule has 4 rings (SSSR count). The van der Waals surface area contributed by atoms with E-state index in [-0.39, 0.29) is 5.78 Å². The summed E-state index contributed by atoms with van der Waals surface area (Å²) in [5, 5.41) is 25.0. The molecule has 0 radical (unpaired) electrons. The summed E-state index contributed by atoms with van der Waals surface area (Å²) in [5.41, 5.74) is 2.53. The first-order valence-electron chi connectivity index (χ1n) is 9.52. The Balaban J connectivity index is 1.81. The van der Waals surface area contributed by atoms with Crippen molar-refractivity contribution in [2.45, 2.75) is 31.3 Å². The quantitative estimate of drug-likeness (QED) is 0.737. The third-order valence-electron chi connectivity index (χ3n) is 5.45. The third-order valence-corrected chi connectivity index (χ3v) is 5.45. The van der Waals surface area contributed by atoms with Crippen molar-refractivity contribution in [2.24, 2.45) is 0 Å². The summed E-state index contributed by atoms with van der Waals surface area (Å²) in [7, 11) is 1.61. The lowest BCUT2D eigenvalue weighted by molar-refractivity contribution is -0.125. The van der Waals surface area contributed by atoms with Crippen LogP contribution in [0.2, 0.25) is 0 Å². The van der Waals surface area contributed by atoms with Gasteiger partial charge in [-0.2, -0.15) is 10.4 Å². The van der Waals surface area contributed by atoms with Crippen molar-refractivity contribution in [1.82, 2.24) is 9.78 Å².